The summed E-state index contributed by atoms with van der Waals surface area (Å²) in [5.41, 5.74) is 0. The number of piperazine rings is 2. The first-order chi connectivity index (χ1) is 10.6. The number of fused-ring (bicyclic) bond motifs is 2. The monoisotopic (exact) mass is 317 g/mol. The van der Waals surface area contributed by atoms with Crippen LogP contribution in [0.5, 0.6) is 0 Å². The Hall–Kier alpha value is -1.73. The Kier molecular flexibility index (Phi) is 3.27. The van der Waals surface area contributed by atoms with Gasteiger partial charge in [-0.25, -0.2) is 9.97 Å². The first-order valence-corrected chi connectivity index (χ1v) is 8.47. The molecule has 2 fully saturated rings. The Morgan fingerprint density at radius 2 is 2.05 bits per heavy atom. The maximum atomic E-state index is 12.4. The smallest absolute Gasteiger partial charge is 0.241 e. The molecular formula is C15H19N5OS. The lowest BCUT2D eigenvalue weighted by Gasteiger charge is -2.45. The highest BCUT2D eigenvalue weighted by molar-refractivity contribution is 7.16. The van der Waals surface area contributed by atoms with Gasteiger partial charge in [-0.2, -0.15) is 0 Å². The lowest BCUT2D eigenvalue weighted by molar-refractivity contribution is -0.140. The van der Waals surface area contributed by atoms with Gasteiger partial charge >= 0.3 is 0 Å². The second-order valence-corrected chi connectivity index (χ2v) is 6.89. The first-order valence-electron chi connectivity index (χ1n) is 7.59. The molecule has 2 aliphatic heterocycles. The van der Waals surface area contributed by atoms with E-state index in [2.05, 4.69) is 31.2 Å². The molecule has 4 heterocycles. The van der Waals surface area contributed by atoms with Crippen molar-refractivity contribution in [1.82, 2.24) is 19.8 Å². The van der Waals surface area contributed by atoms with Crippen LogP contribution >= 0.6 is 11.3 Å². The standard InChI is InChI=1S/C15H19N5OS/c1-10-16-13(11-3-8-22-14(11)17-10)20-7-6-19-5-4-18(2)15(21)12(19)9-20/h3,8,12H,4-7,9H2,1-2H3/t12-/m0/s1. The van der Waals surface area contributed by atoms with Crippen LogP contribution in [0, 0.1) is 6.92 Å². The van der Waals surface area contributed by atoms with Gasteiger partial charge in [0.15, 0.2) is 0 Å². The van der Waals surface area contributed by atoms with Crippen LogP contribution in [-0.2, 0) is 4.79 Å². The van der Waals surface area contributed by atoms with Crippen molar-refractivity contribution in [1.29, 1.82) is 0 Å². The van der Waals surface area contributed by atoms with Gasteiger partial charge in [0.25, 0.3) is 0 Å². The van der Waals surface area contributed by atoms with Crippen molar-refractivity contribution in [2.24, 2.45) is 0 Å². The minimum absolute atomic E-state index is 0.0449. The molecule has 0 radical (unpaired) electrons. The topological polar surface area (TPSA) is 52.6 Å². The molecule has 0 N–H and O–H groups in total. The summed E-state index contributed by atoms with van der Waals surface area (Å²) in [5.74, 6) is 1.99. The minimum Gasteiger partial charge on any atom is -0.353 e. The fourth-order valence-corrected chi connectivity index (χ4v) is 4.15. The molecule has 0 saturated carbocycles. The predicted octanol–water partition coefficient (Wildman–Crippen LogP) is 0.962. The fraction of sp³-hybridized carbons (Fsp3) is 0.533. The number of hydrogen-bond acceptors (Lipinski definition) is 6. The zero-order chi connectivity index (χ0) is 15.3. The van der Waals surface area contributed by atoms with Gasteiger partial charge in [0, 0.05) is 39.8 Å². The van der Waals surface area contributed by atoms with Crippen molar-refractivity contribution in [2.45, 2.75) is 13.0 Å². The summed E-state index contributed by atoms with van der Waals surface area (Å²) in [5, 5.41) is 3.15. The number of likely N-dealkylation sites (N-methyl/N-ethyl adjacent to an activating group) is 1. The van der Waals surface area contributed by atoms with Crippen LogP contribution in [0.1, 0.15) is 5.82 Å². The summed E-state index contributed by atoms with van der Waals surface area (Å²) in [4.78, 5) is 29.0. The number of aryl methyl sites for hydroxylation is 1. The number of anilines is 1. The highest BCUT2D eigenvalue weighted by atomic mass is 32.1. The zero-order valence-corrected chi connectivity index (χ0v) is 13.6. The van der Waals surface area contributed by atoms with Crippen molar-refractivity contribution in [3.63, 3.8) is 0 Å². The molecule has 0 spiro atoms. The van der Waals surface area contributed by atoms with Gasteiger partial charge in [0.1, 0.15) is 22.5 Å². The second-order valence-electron chi connectivity index (χ2n) is 5.99. The number of hydrogen-bond donors (Lipinski definition) is 0. The molecule has 0 aromatic carbocycles. The van der Waals surface area contributed by atoms with E-state index in [1.165, 1.54) is 0 Å². The lowest BCUT2D eigenvalue weighted by Crippen LogP contribution is -2.64. The summed E-state index contributed by atoms with van der Waals surface area (Å²) in [6.07, 6.45) is 0. The number of thiophene rings is 1. The van der Waals surface area contributed by atoms with E-state index in [1.54, 1.807) is 11.3 Å². The van der Waals surface area contributed by atoms with E-state index in [0.29, 0.717) is 6.54 Å². The van der Waals surface area contributed by atoms with Crippen LogP contribution in [-0.4, -0.2) is 71.5 Å². The van der Waals surface area contributed by atoms with Crippen LogP contribution in [0.4, 0.5) is 5.82 Å². The molecule has 0 bridgehead atoms. The summed E-state index contributed by atoms with van der Waals surface area (Å²) >= 11 is 1.64. The van der Waals surface area contributed by atoms with E-state index in [-0.39, 0.29) is 11.9 Å². The third-order valence-electron chi connectivity index (χ3n) is 4.59. The number of aromatic nitrogens is 2. The van der Waals surface area contributed by atoms with Gasteiger partial charge in [-0.1, -0.05) is 0 Å². The van der Waals surface area contributed by atoms with Crippen molar-refractivity contribution in [3.8, 4) is 0 Å². The summed E-state index contributed by atoms with van der Waals surface area (Å²) < 4.78 is 0. The molecule has 116 valence electrons. The Bertz CT molecular complexity index is 730. The van der Waals surface area contributed by atoms with E-state index in [9.17, 15) is 4.79 Å². The number of nitrogens with zero attached hydrogens (tertiary/aromatic N) is 5. The summed E-state index contributed by atoms with van der Waals surface area (Å²) in [6, 6.07) is 2.03. The maximum Gasteiger partial charge on any atom is 0.241 e. The molecular weight excluding hydrogens is 298 g/mol. The molecule has 2 saturated heterocycles. The fourth-order valence-electron chi connectivity index (χ4n) is 3.34. The third kappa shape index (κ3) is 2.16. The molecule has 2 aromatic rings. The number of amides is 1. The molecule has 0 unspecified atom stereocenters. The van der Waals surface area contributed by atoms with Crippen molar-refractivity contribution < 1.29 is 4.79 Å². The van der Waals surface area contributed by atoms with Crippen molar-refractivity contribution in [3.05, 3.63) is 17.3 Å². The molecule has 1 amide bonds. The number of rotatable bonds is 1. The molecule has 6 nitrogen and oxygen atoms in total. The highest BCUT2D eigenvalue weighted by Crippen LogP contribution is 2.29. The minimum atomic E-state index is -0.0449. The van der Waals surface area contributed by atoms with E-state index < -0.39 is 0 Å². The quantitative estimate of drug-likeness (QED) is 0.784. The molecule has 2 aromatic heterocycles. The average Bonchev–Trinajstić information content (AvgIpc) is 2.98. The van der Waals surface area contributed by atoms with Crippen LogP contribution in [0.2, 0.25) is 0 Å². The van der Waals surface area contributed by atoms with Crippen LogP contribution in [0.25, 0.3) is 10.2 Å². The van der Waals surface area contributed by atoms with Gasteiger partial charge in [-0.15, -0.1) is 11.3 Å². The van der Waals surface area contributed by atoms with Gasteiger partial charge in [0.05, 0.1) is 5.39 Å². The van der Waals surface area contributed by atoms with Gasteiger partial charge in [0.2, 0.25) is 5.91 Å². The Morgan fingerprint density at radius 1 is 1.23 bits per heavy atom. The SMILES string of the molecule is Cc1nc(N2CCN3CCN(C)C(=O)[C@@H]3C2)c2ccsc2n1. The molecule has 22 heavy (non-hydrogen) atoms. The summed E-state index contributed by atoms with van der Waals surface area (Å²) in [6.45, 7) is 6.27. The van der Waals surface area contributed by atoms with Crippen LogP contribution < -0.4 is 4.90 Å². The van der Waals surface area contributed by atoms with Gasteiger partial charge in [-0.05, 0) is 18.4 Å². The van der Waals surface area contributed by atoms with Gasteiger partial charge < -0.3 is 9.80 Å². The zero-order valence-electron chi connectivity index (χ0n) is 12.8. The van der Waals surface area contributed by atoms with E-state index in [1.807, 2.05) is 18.9 Å². The van der Waals surface area contributed by atoms with Crippen molar-refractivity contribution >= 4 is 33.3 Å². The molecule has 1 atom stereocenters. The predicted molar refractivity (Wildman–Crippen MR) is 87.4 cm³/mol. The Balaban J connectivity index is 1.68. The van der Waals surface area contributed by atoms with Gasteiger partial charge in [-0.3, -0.25) is 9.69 Å². The van der Waals surface area contributed by atoms with E-state index >= 15 is 0 Å². The highest BCUT2D eigenvalue weighted by Gasteiger charge is 2.38. The Labute approximate surface area is 133 Å². The number of carbonyl (C=O) groups excluding carboxylic acids is 1. The maximum absolute atomic E-state index is 12.4. The van der Waals surface area contributed by atoms with E-state index in [0.717, 1.165) is 48.0 Å². The molecule has 7 heteroatoms. The number of carbonyl (C=O) groups is 1. The molecule has 2 aliphatic rings. The second kappa shape index (κ2) is 5.17. The largest absolute Gasteiger partial charge is 0.353 e. The molecule has 0 aliphatic carbocycles. The molecule has 4 rings (SSSR count). The van der Waals surface area contributed by atoms with Crippen LogP contribution in [0.3, 0.4) is 0 Å². The van der Waals surface area contributed by atoms with E-state index in [4.69, 9.17) is 0 Å². The average molecular weight is 317 g/mol. The normalized spacial score (nSPS) is 23.2. The van der Waals surface area contributed by atoms with Crippen LogP contribution in [0.15, 0.2) is 11.4 Å². The lowest BCUT2D eigenvalue weighted by atomic mass is 10.1. The van der Waals surface area contributed by atoms with Crippen molar-refractivity contribution in [2.75, 3.05) is 44.7 Å². The summed E-state index contributed by atoms with van der Waals surface area (Å²) in [7, 11) is 1.89. The third-order valence-corrected chi connectivity index (χ3v) is 5.40. The first kappa shape index (κ1) is 13.9. The Morgan fingerprint density at radius 3 is 2.91 bits per heavy atom.